The van der Waals surface area contributed by atoms with Gasteiger partial charge in [0.25, 0.3) is 0 Å². The Hall–Kier alpha value is -2.61. The quantitative estimate of drug-likeness (QED) is 0.856. The highest BCUT2D eigenvalue weighted by molar-refractivity contribution is 5.90. The van der Waals surface area contributed by atoms with Crippen LogP contribution in [0.5, 0.6) is 0 Å². The van der Waals surface area contributed by atoms with Crippen molar-refractivity contribution in [2.24, 2.45) is 5.73 Å². The number of rotatable bonds is 3. The first-order valence-electron chi connectivity index (χ1n) is 9.33. The number of nitrogens with two attached hydrogens (primary N) is 1. The molecule has 3 rings (SSSR count). The first kappa shape index (κ1) is 20.1. The number of hydrogen-bond donors (Lipinski definition) is 1. The van der Waals surface area contributed by atoms with Crippen LogP contribution in [-0.2, 0) is 9.47 Å². The van der Waals surface area contributed by atoms with Gasteiger partial charge in [-0.2, -0.15) is 0 Å². The Kier molecular flexibility index (Phi) is 5.60. The summed E-state index contributed by atoms with van der Waals surface area (Å²) in [6.07, 6.45) is 1.08. The molecule has 8 heteroatoms. The fraction of sp³-hybridized carbons (Fsp3) is 0.500. The third kappa shape index (κ3) is 4.44. The van der Waals surface area contributed by atoms with Crippen molar-refractivity contribution in [1.29, 1.82) is 0 Å². The summed E-state index contributed by atoms with van der Waals surface area (Å²) < 4.78 is 25.2. The topological polar surface area (TPSA) is 85.1 Å². The van der Waals surface area contributed by atoms with E-state index in [1.54, 1.807) is 17.0 Å². The van der Waals surface area contributed by atoms with Crippen molar-refractivity contribution < 1.29 is 23.5 Å². The lowest BCUT2D eigenvalue weighted by Gasteiger charge is -2.29. The van der Waals surface area contributed by atoms with Crippen molar-refractivity contribution in [1.82, 2.24) is 4.90 Å². The summed E-state index contributed by atoms with van der Waals surface area (Å²) in [6.45, 7) is 6.81. The van der Waals surface area contributed by atoms with Crippen LogP contribution < -0.4 is 10.6 Å². The van der Waals surface area contributed by atoms with Gasteiger partial charge in [0.2, 0.25) is 0 Å². The Morgan fingerprint density at radius 3 is 2.68 bits per heavy atom. The molecule has 2 aliphatic rings. The smallest absolute Gasteiger partial charge is 0.414 e. The average molecular weight is 391 g/mol. The summed E-state index contributed by atoms with van der Waals surface area (Å²) in [5, 5.41) is 0. The number of ether oxygens (including phenoxy) is 2. The second-order valence-electron chi connectivity index (χ2n) is 7.92. The molecule has 28 heavy (non-hydrogen) atoms. The zero-order chi connectivity index (χ0) is 20.5. The van der Waals surface area contributed by atoms with Gasteiger partial charge in [-0.15, -0.1) is 0 Å². The van der Waals surface area contributed by atoms with Crippen molar-refractivity contribution in [2.75, 3.05) is 31.1 Å². The summed E-state index contributed by atoms with van der Waals surface area (Å²) in [6, 6.07) is 4.68. The van der Waals surface area contributed by atoms with Crippen molar-refractivity contribution in [3.05, 3.63) is 35.7 Å². The fourth-order valence-corrected chi connectivity index (χ4v) is 3.19. The largest absolute Gasteiger partial charge is 0.444 e. The molecular formula is C20H26FN3O4. The predicted molar refractivity (Wildman–Crippen MR) is 103 cm³/mol. The Bertz CT molecular complexity index is 803. The monoisotopic (exact) mass is 391 g/mol. The molecule has 1 fully saturated rings. The van der Waals surface area contributed by atoms with Gasteiger partial charge in [-0.25, -0.2) is 14.0 Å². The molecule has 0 aromatic heterocycles. The number of amides is 2. The lowest BCUT2D eigenvalue weighted by Crippen LogP contribution is -2.39. The first-order chi connectivity index (χ1) is 13.2. The van der Waals surface area contributed by atoms with Gasteiger partial charge in [0, 0.05) is 25.2 Å². The fourth-order valence-electron chi connectivity index (χ4n) is 3.19. The lowest BCUT2D eigenvalue weighted by molar-refractivity contribution is 0.0270. The highest BCUT2D eigenvalue weighted by Gasteiger charge is 2.32. The van der Waals surface area contributed by atoms with Crippen molar-refractivity contribution >= 4 is 23.4 Å². The van der Waals surface area contributed by atoms with Crippen LogP contribution in [0.2, 0.25) is 0 Å². The molecule has 1 aromatic rings. The first-order valence-corrected chi connectivity index (χ1v) is 9.33. The number of hydrogen-bond acceptors (Lipinski definition) is 5. The predicted octanol–water partition coefficient (Wildman–Crippen LogP) is 3.13. The van der Waals surface area contributed by atoms with E-state index < -0.39 is 17.5 Å². The van der Waals surface area contributed by atoms with Crippen LogP contribution in [0.1, 0.15) is 32.8 Å². The standard InChI is InChI=1S/C20H26FN3O4/c1-20(2,3)28-18(25)23-8-6-13(7-9-23)16-5-4-14(10-17(16)21)24-12-15(11-22)27-19(24)26/h4-6,10,15H,7-9,11-12,22H2,1-3H3/t15-/m0/s1. The molecule has 2 heterocycles. The summed E-state index contributed by atoms with van der Waals surface area (Å²) in [7, 11) is 0. The van der Waals surface area contributed by atoms with E-state index in [-0.39, 0.29) is 18.7 Å². The zero-order valence-electron chi connectivity index (χ0n) is 16.4. The Morgan fingerprint density at radius 2 is 2.14 bits per heavy atom. The highest BCUT2D eigenvalue weighted by atomic mass is 19.1. The van der Waals surface area contributed by atoms with E-state index >= 15 is 0 Å². The summed E-state index contributed by atoms with van der Waals surface area (Å²) >= 11 is 0. The Morgan fingerprint density at radius 1 is 1.39 bits per heavy atom. The minimum absolute atomic E-state index is 0.226. The molecule has 2 amide bonds. The molecule has 0 saturated carbocycles. The molecule has 7 nitrogen and oxygen atoms in total. The van der Waals surface area contributed by atoms with E-state index in [1.807, 2.05) is 26.8 Å². The van der Waals surface area contributed by atoms with E-state index in [2.05, 4.69) is 0 Å². The number of carbonyl (C=O) groups is 2. The van der Waals surface area contributed by atoms with Crippen LogP contribution in [-0.4, -0.2) is 55.0 Å². The van der Waals surface area contributed by atoms with Crippen LogP contribution in [0.25, 0.3) is 5.57 Å². The van der Waals surface area contributed by atoms with Crippen LogP contribution in [0.15, 0.2) is 24.3 Å². The molecule has 2 aliphatic heterocycles. The Balaban J connectivity index is 1.70. The van der Waals surface area contributed by atoms with Gasteiger partial charge in [0.15, 0.2) is 0 Å². The van der Waals surface area contributed by atoms with Gasteiger partial charge in [-0.05, 0) is 51.0 Å². The molecular weight excluding hydrogens is 365 g/mol. The van der Waals surface area contributed by atoms with Gasteiger partial charge < -0.3 is 20.1 Å². The molecule has 1 saturated heterocycles. The van der Waals surface area contributed by atoms with E-state index in [1.165, 1.54) is 11.0 Å². The summed E-state index contributed by atoms with van der Waals surface area (Å²) in [4.78, 5) is 27.0. The van der Waals surface area contributed by atoms with E-state index in [4.69, 9.17) is 15.2 Å². The molecule has 0 aliphatic carbocycles. The minimum atomic E-state index is -0.553. The highest BCUT2D eigenvalue weighted by Crippen LogP contribution is 2.30. The van der Waals surface area contributed by atoms with Gasteiger partial charge in [-0.1, -0.05) is 6.08 Å². The van der Waals surface area contributed by atoms with Crippen LogP contribution in [0.3, 0.4) is 0 Å². The molecule has 1 atom stereocenters. The zero-order valence-corrected chi connectivity index (χ0v) is 16.4. The SMILES string of the molecule is CC(C)(C)OC(=O)N1CC=C(c2ccc(N3C[C@H](CN)OC3=O)cc2F)CC1. The molecule has 152 valence electrons. The second-order valence-corrected chi connectivity index (χ2v) is 7.92. The van der Waals surface area contributed by atoms with Crippen molar-refractivity contribution in [3.63, 3.8) is 0 Å². The lowest BCUT2D eigenvalue weighted by atomic mass is 9.98. The van der Waals surface area contributed by atoms with E-state index in [0.29, 0.717) is 37.3 Å². The average Bonchev–Trinajstić information content (AvgIpc) is 3.01. The summed E-state index contributed by atoms with van der Waals surface area (Å²) in [5.41, 5.74) is 6.71. The van der Waals surface area contributed by atoms with E-state index in [9.17, 15) is 14.0 Å². The molecule has 0 bridgehead atoms. The Labute approximate surface area is 163 Å². The third-order valence-corrected chi connectivity index (χ3v) is 4.61. The second kappa shape index (κ2) is 7.79. The van der Waals surface area contributed by atoms with Gasteiger partial charge in [0.1, 0.15) is 17.5 Å². The maximum atomic E-state index is 14.7. The third-order valence-electron chi connectivity index (χ3n) is 4.61. The molecule has 0 unspecified atom stereocenters. The normalized spacial score (nSPS) is 20.1. The number of halogens is 1. The molecule has 0 spiro atoms. The van der Waals surface area contributed by atoms with Crippen LogP contribution in [0, 0.1) is 5.82 Å². The van der Waals surface area contributed by atoms with Crippen LogP contribution >= 0.6 is 0 Å². The molecule has 1 aromatic carbocycles. The van der Waals surface area contributed by atoms with E-state index in [0.717, 1.165) is 5.57 Å². The summed E-state index contributed by atoms with van der Waals surface area (Å²) in [5.74, 6) is -0.418. The van der Waals surface area contributed by atoms with Crippen molar-refractivity contribution in [2.45, 2.75) is 38.9 Å². The number of benzene rings is 1. The van der Waals surface area contributed by atoms with Crippen LogP contribution in [0.4, 0.5) is 19.7 Å². The molecule has 2 N–H and O–H groups in total. The number of cyclic esters (lactones) is 1. The molecule has 0 radical (unpaired) electrons. The van der Waals surface area contributed by atoms with Gasteiger partial charge in [-0.3, -0.25) is 4.90 Å². The minimum Gasteiger partial charge on any atom is -0.444 e. The number of carbonyl (C=O) groups excluding carboxylic acids is 2. The number of anilines is 1. The van der Waals surface area contributed by atoms with Gasteiger partial charge in [0.05, 0.1) is 12.2 Å². The number of nitrogens with zero attached hydrogens (tertiary/aromatic N) is 2. The van der Waals surface area contributed by atoms with Gasteiger partial charge >= 0.3 is 12.2 Å². The van der Waals surface area contributed by atoms with Crippen molar-refractivity contribution in [3.8, 4) is 0 Å². The maximum Gasteiger partial charge on any atom is 0.414 e. The maximum absolute atomic E-state index is 14.7.